The third kappa shape index (κ3) is 3.91. The van der Waals surface area contributed by atoms with Crippen LogP contribution in [-0.2, 0) is 6.98 Å². The van der Waals surface area contributed by atoms with Gasteiger partial charge in [0, 0.05) is 37.8 Å². The number of anilines is 1. The molecule has 4 atom stereocenters. The summed E-state index contributed by atoms with van der Waals surface area (Å²) in [5, 5.41) is 33.4. The van der Waals surface area contributed by atoms with Crippen LogP contribution < -0.4 is 10.2 Å². The summed E-state index contributed by atoms with van der Waals surface area (Å²) in [4.78, 5) is 5.80. The Labute approximate surface area is 214 Å². The van der Waals surface area contributed by atoms with Crippen molar-refractivity contribution >= 4 is 5.95 Å². The van der Waals surface area contributed by atoms with Gasteiger partial charge in [-0.1, -0.05) is 6.07 Å². The molecule has 3 aliphatic rings. The van der Waals surface area contributed by atoms with Crippen LogP contribution in [0.3, 0.4) is 0 Å². The SMILES string of the molecule is [2H]C([2H])([2H])n1nnc(-c2ccc(-c3cnc(N([C@@H]4C[C@@]5(C)CCC[C@](C)(N5)[C@@H]4F)C4([2H])C([2H])([2H])C4([2H])[2H])nn3)c(O)c2)n1. The summed E-state index contributed by atoms with van der Waals surface area (Å²) in [6, 6.07) is 0.624. The standard InChI is InChI=1S/C24H30FN9O/c1-23-9-4-10-24(2,31-23)20(25)18(12-23)34(15-6-7-15)22-26-13-17(27-29-22)16-8-5-14(11-19(16)35)21-28-32-33(3)30-21/h5,8,11,13,15,18,20,31,35H,4,6-7,9-10,12H2,1-3H3/t18-,20-,23-,24+/m1/s1/i3D3,6D2,7D2,15D. The van der Waals surface area contributed by atoms with Crippen molar-refractivity contribution in [3.8, 4) is 28.4 Å². The van der Waals surface area contributed by atoms with E-state index in [4.69, 9.17) is 11.0 Å². The van der Waals surface area contributed by atoms with E-state index >= 15 is 4.39 Å². The number of nitrogens with zero attached hydrogens (tertiary/aromatic N) is 8. The minimum Gasteiger partial charge on any atom is -0.507 e. The molecular formula is C24H30FN9O. The normalized spacial score (nSPS) is 37.8. The topological polar surface area (TPSA) is 118 Å². The molecule has 10 nitrogen and oxygen atoms in total. The van der Waals surface area contributed by atoms with Crippen molar-refractivity contribution in [2.75, 3.05) is 4.90 Å². The molecule has 2 aromatic heterocycles. The van der Waals surface area contributed by atoms with Crippen molar-refractivity contribution in [3.63, 3.8) is 0 Å². The number of halogens is 1. The molecule has 11 heteroatoms. The minimum atomic E-state index is -2.65. The fraction of sp³-hybridized carbons (Fsp3) is 0.583. The van der Waals surface area contributed by atoms with E-state index < -0.39 is 49.0 Å². The van der Waals surface area contributed by atoms with Crippen LogP contribution >= 0.6 is 0 Å². The van der Waals surface area contributed by atoms with Gasteiger partial charge in [0.2, 0.25) is 11.8 Å². The third-order valence-electron chi connectivity index (χ3n) is 7.14. The van der Waals surface area contributed by atoms with E-state index in [-0.39, 0.29) is 40.8 Å². The lowest BCUT2D eigenvalue weighted by atomic mass is 9.68. The van der Waals surface area contributed by atoms with Crippen molar-refractivity contribution in [2.45, 2.75) is 81.6 Å². The Kier molecular flexibility index (Phi) is 3.39. The highest BCUT2D eigenvalue weighted by Gasteiger charge is 2.56. The van der Waals surface area contributed by atoms with Gasteiger partial charge in [-0.2, -0.15) is 4.80 Å². The van der Waals surface area contributed by atoms with E-state index in [0.717, 1.165) is 17.7 Å². The van der Waals surface area contributed by atoms with Crippen molar-refractivity contribution in [2.24, 2.45) is 6.98 Å². The number of nitrogens with one attached hydrogen (secondary N) is 1. The number of phenols is 1. The number of aromatic nitrogens is 7. The van der Waals surface area contributed by atoms with E-state index in [9.17, 15) is 5.11 Å². The Bertz CT molecular complexity index is 1560. The molecule has 1 aromatic carbocycles. The van der Waals surface area contributed by atoms with Crippen LogP contribution in [0, 0.1) is 0 Å². The second-order valence-corrected chi connectivity index (χ2v) is 9.88. The van der Waals surface area contributed by atoms with Crippen molar-refractivity contribution in [3.05, 3.63) is 24.4 Å². The van der Waals surface area contributed by atoms with E-state index in [1.54, 1.807) is 6.92 Å². The first-order valence-electron chi connectivity index (χ1n) is 15.4. The van der Waals surface area contributed by atoms with Gasteiger partial charge in [0.15, 0.2) is 0 Å². The number of piperidine rings is 2. The van der Waals surface area contributed by atoms with Crippen LogP contribution in [0.4, 0.5) is 10.3 Å². The summed E-state index contributed by atoms with van der Waals surface area (Å²) < 4.78 is 80.7. The molecule has 3 aromatic rings. The number of aryl methyl sites for hydroxylation is 1. The first-order chi connectivity index (χ1) is 19.8. The molecule has 0 spiro atoms. The molecule has 4 heterocycles. The zero-order valence-electron chi connectivity index (χ0n) is 27.2. The molecule has 0 radical (unpaired) electrons. The molecule has 35 heavy (non-hydrogen) atoms. The van der Waals surface area contributed by atoms with Crippen molar-refractivity contribution in [1.29, 1.82) is 0 Å². The number of hydrogen-bond donors (Lipinski definition) is 2. The highest BCUT2D eigenvalue weighted by atomic mass is 19.1. The molecule has 0 unspecified atom stereocenters. The number of phenolic OH excluding ortho intramolecular Hbond substituents is 1. The molecule has 2 N–H and O–H groups in total. The van der Waals surface area contributed by atoms with Crippen LogP contribution in [0.5, 0.6) is 5.75 Å². The fourth-order valence-electron chi connectivity index (χ4n) is 5.51. The quantitative estimate of drug-likeness (QED) is 0.560. The second kappa shape index (κ2) is 7.91. The average molecular weight is 488 g/mol. The van der Waals surface area contributed by atoms with Crippen LogP contribution in [0.15, 0.2) is 24.4 Å². The summed E-state index contributed by atoms with van der Waals surface area (Å²) in [6.45, 7) is 1.08. The highest BCUT2D eigenvalue weighted by Crippen LogP contribution is 2.46. The van der Waals surface area contributed by atoms with E-state index in [2.05, 4.69) is 35.9 Å². The van der Waals surface area contributed by atoms with Crippen molar-refractivity contribution in [1.82, 2.24) is 40.7 Å². The monoisotopic (exact) mass is 487 g/mol. The molecule has 0 amide bonds. The van der Waals surface area contributed by atoms with Gasteiger partial charge in [-0.3, -0.25) is 0 Å². The zero-order valence-corrected chi connectivity index (χ0v) is 19.2. The number of fused-ring (bicyclic) bond motifs is 2. The molecule has 6 rings (SSSR count). The predicted molar refractivity (Wildman–Crippen MR) is 127 cm³/mol. The number of benzene rings is 1. The van der Waals surface area contributed by atoms with E-state index in [0.29, 0.717) is 11.2 Å². The maximum Gasteiger partial charge on any atom is 0.245 e. The molecule has 2 saturated heterocycles. The average Bonchev–Trinajstić information content (AvgIpc) is 3.29. The Balaban J connectivity index is 1.35. The first kappa shape index (κ1) is 15.0. The molecule has 184 valence electrons. The Morgan fingerprint density at radius 2 is 2.14 bits per heavy atom. The smallest absolute Gasteiger partial charge is 0.245 e. The first-order valence-corrected chi connectivity index (χ1v) is 11.4. The lowest BCUT2D eigenvalue weighted by Crippen LogP contribution is -2.73. The Morgan fingerprint density at radius 3 is 2.83 bits per heavy atom. The third-order valence-corrected chi connectivity index (χ3v) is 7.14. The van der Waals surface area contributed by atoms with E-state index in [1.165, 1.54) is 24.4 Å². The van der Waals surface area contributed by atoms with Crippen LogP contribution in [0.25, 0.3) is 22.6 Å². The molecule has 2 bridgehead atoms. The largest absolute Gasteiger partial charge is 0.507 e. The number of tetrazole rings is 1. The van der Waals surface area contributed by atoms with Crippen LogP contribution in [-0.4, -0.2) is 69.8 Å². The molecule has 2 aliphatic heterocycles. The summed E-state index contributed by atoms with van der Waals surface area (Å²) in [5.41, 5.74) is -0.938. The predicted octanol–water partition coefficient (Wildman–Crippen LogP) is 2.80. The van der Waals surface area contributed by atoms with Crippen LogP contribution in [0.1, 0.15) is 63.2 Å². The fourth-order valence-corrected chi connectivity index (χ4v) is 5.51. The Hall–Kier alpha value is -3.21. The summed E-state index contributed by atoms with van der Waals surface area (Å²) in [7, 11) is 0. The van der Waals surface area contributed by atoms with Gasteiger partial charge < -0.3 is 15.3 Å². The van der Waals surface area contributed by atoms with Crippen LogP contribution in [0.2, 0.25) is 0 Å². The molecular weight excluding hydrogens is 449 g/mol. The maximum atomic E-state index is 16.3. The molecule has 1 saturated carbocycles. The number of rotatable bonds is 5. The Morgan fingerprint density at radius 1 is 1.29 bits per heavy atom. The molecule has 3 fully saturated rings. The van der Waals surface area contributed by atoms with Gasteiger partial charge in [0.25, 0.3) is 0 Å². The summed E-state index contributed by atoms with van der Waals surface area (Å²) in [6.07, 6.45) is -3.43. The number of alkyl halides is 1. The summed E-state index contributed by atoms with van der Waals surface area (Å²) in [5.74, 6) is -0.617. The highest BCUT2D eigenvalue weighted by molar-refractivity contribution is 5.71. The number of aromatic hydroxyl groups is 1. The summed E-state index contributed by atoms with van der Waals surface area (Å²) >= 11 is 0. The van der Waals surface area contributed by atoms with Gasteiger partial charge in [-0.15, -0.1) is 20.4 Å². The lowest BCUT2D eigenvalue weighted by Gasteiger charge is -2.57. The second-order valence-electron chi connectivity index (χ2n) is 9.88. The zero-order chi connectivity index (χ0) is 31.4. The van der Waals surface area contributed by atoms with Gasteiger partial charge >= 0.3 is 0 Å². The lowest BCUT2D eigenvalue weighted by molar-refractivity contribution is 0.0000875. The van der Waals surface area contributed by atoms with Crippen molar-refractivity contribution < 1.29 is 20.5 Å². The van der Waals surface area contributed by atoms with Gasteiger partial charge in [0.05, 0.1) is 20.6 Å². The maximum absolute atomic E-state index is 16.3. The van der Waals surface area contributed by atoms with Gasteiger partial charge in [0.1, 0.15) is 17.6 Å². The minimum absolute atomic E-state index is 0.0307. The van der Waals surface area contributed by atoms with E-state index in [1.807, 2.05) is 6.92 Å². The van der Waals surface area contributed by atoms with Gasteiger partial charge in [-0.05, 0) is 69.6 Å². The molecule has 1 aliphatic carbocycles. The number of hydrogen-bond acceptors (Lipinski definition) is 9. The van der Waals surface area contributed by atoms with Gasteiger partial charge in [-0.25, -0.2) is 9.37 Å².